The molecule has 3 rings (SSSR count). The van der Waals surface area contributed by atoms with Gasteiger partial charge in [-0.2, -0.15) is 0 Å². The summed E-state index contributed by atoms with van der Waals surface area (Å²) < 4.78 is 25.6. The van der Waals surface area contributed by atoms with Crippen molar-refractivity contribution in [1.82, 2.24) is 4.90 Å². The molecule has 1 heterocycles. The molecule has 0 atom stereocenters. The first kappa shape index (κ1) is 20.5. The number of piperazine rings is 1. The van der Waals surface area contributed by atoms with Crippen molar-refractivity contribution in [2.24, 2.45) is 0 Å². The van der Waals surface area contributed by atoms with Gasteiger partial charge in [0.25, 0.3) is 0 Å². The van der Waals surface area contributed by atoms with E-state index in [0.717, 1.165) is 21.8 Å². The highest BCUT2D eigenvalue weighted by atomic mass is 35.5. The van der Waals surface area contributed by atoms with E-state index in [9.17, 15) is 13.2 Å². The Balaban J connectivity index is 1.66. The number of anilines is 2. The summed E-state index contributed by atoms with van der Waals surface area (Å²) in [4.78, 5) is 16.7. The van der Waals surface area contributed by atoms with Gasteiger partial charge in [-0.15, -0.1) is 0 Å². The van der Waals surface area contributed by atoms with Gasteiger partial charge in [-0.25, -0.2) is 8.42 Å². The average Bonchev–Trinajstić information content (AvgIpc) is 2.66. The monoisotopic (exact) mass is 421 g/mol. The zero-order chi connectivity index (χ0) is 20.3. The molecular weight excluding hydrogens is 398 g/mol. The second kappa shape index (κ2) is 8.41. The molecule has 0 aromatic heterocycles. The highest BCUT2D eigenvalue weighted by Crippen LogP contribution is 2.22. The van der Waals surface area contributed by atoms with E-state index in [1.807, 2.05) is 43.3 Å². The van der Waals surface area contributed by atoms with Gasteiger partial charge in [0, 0.05) is 36.9 Å². The van der Waals surface area contributed by atoms with Gasteiger partial charge in [0.15, 0.2) is 0 Å². The lowest BCUT2D eigenvalue weighted by Crippen LogP contribution is -2.52. The molecule has 0 unspecified atom stereocenters. The number of rotatable bonds is 5. The van der Waals surface area contributed by atoms with E-state index in [0.29, 0.717) is 36.9 Å². The zero-order valence-electron chi connectivity index (χ0n) is 16.0. The van der Waals surface area contributed by atoms with Gasteiger partial charge in [0.05, 0.1) is 11.9 Å². The van der Waals surface area contributed by atoms with Gasteiger partial charge >= 0.3 is 0 Å². The number of halogens is 1. The normalized spacial score (nSPS) is 14.8. The van der Waals surface area contributed by atoms with Crippen molar-refractivity contribution in [2.45, 2.75) is 6.92 Å². The van der Waals surface area contributed by atoms with E-state index in [1.54, 1.807) is 17.0 Å². The minimum atomic E-state index is -3.56. The van der Waals surface area contributed by atoms with Crippen molar-refractivity contribution in [3.63, 3.8) is 0 Å². The van der Waals surface area contributed by atoms with Crippen molar-refractivity contribution in [1.29, 1.82) is 0 Å². The molecule has 0 radical (unpaired) electrons. The molecule has 150 valence electrons. The number of carbonyl (C=O) groups is 1. The van der Waals surface area contributed by atoms with Gasteiger partial charge < -0.3 is 9.80 Å². The van der Waals surface area contributed by atoms with Crippen LogP contribution in [0, 0.1) is 6.92 Å². The first-order valence-electron chi connectivity index (χ1n) is 9.07. The summed E-state index contributed by atoms with van der Waals surface area (Å²) >= 11 is 6.06. The minimum Gasteiger partial charge on any atom is -0.368 e. The van der Waals surface area contributed by atoms with Crippen molar-refractivity contribution in [2.75, 3.05) is 48.2 Å². The molecule has 2 aromatic carbocycles. The number of hydrogen-bond acceptors (Lipinski definition) is 4. The Morgan fingerprint density at radius 3 is 2.29 bits per heavy atom. The molecule has 1 aliphatic heterocycles. The fourth-order valence-corrected chi connectivity index (χ4v) is 4.25. The van der Waals surface area contributed by atoms with Crippen LogP contribution in [0.15, 0.2) is 48.5 Å². The number of benzene rings is 2. The minimum absolute atomic E-state index is 0.195. The topological polar surface area (TPSA) is 60.9 Å². The van der Waals surface area contributed by atoms with E-state index in [-0.39, 0.29) is 12.5 Å². The molecule has 1 fully saturated rings. The average molecular weight is 422 g/mol. The Morgan fingerprint density at radius 2 is 1.71 bits per heavy atom. The molecule has 0 bridgehead atoms. The summed E-state index contributed by atoms with van der Waals surface area (Å²) in [5.41, 5.74) is 2.55. The molecule has 1 saturated heterocycles. The third-order valence-electron chi connectivity index (χ3n) is 4.81. The molecular formula is C20H24ClN3O3S. The van der Waals surface area contributed by atoms with E-state index >= 15 is 0 Å². The fraction of sp³-hybridized carbons (Fsp3) is 0.350. The summed E-state index contributed by atoms with van der Waals surface area (Å²) in [6.07, 6.45) is 1.12. The van der Waals surface area contributed by atoms with E-state index < -0.39 is 10.0 Å². The molecule has 1 amide bonds. The molecule has 0 N–H and O–H groups in total. The first-order valence-corrected chi connectivity index (χ1v) is 11.3. The van der Waals surface area contributed by atoms with Crippen molar-refractivity contribution in [3.8, 4) is 0 Å². The number of hydrogen-bond donors (Lipinski definition) is 0. The van der Waals surface area contributed by atoms with E-state index in [1.165, 1.54) is 0 Å². The summed E-state index contributed by atoms with van der Waals surface area (Å²) in [5, 5.41) is 0.679. The lowest BCUT2D eigenvalue weighted by Gasteiger charge is -2.37. The van der Waals surface area contributed by atoms with Gasteiger partial charge in [-0.3, -0.25) is 9.10 Å². The number of sulfonamides is 1. The first-order chi connectivity index (χ1) is 13.2. The summed E-state index contributed by atoms with van der Waals surface area (Å²) in [5.74, 6) is -0.197. The Kier molecular flexibility index (Phi) is 6.15. The number of nitrogens with zero attached hydrogens (tertiary/aromatic N) is 3. The standard InChI is InChI=1S/C20H24ClN3O3S/c1-16-6-8-18(9-7-16)24(28(2,26)27)15-20(25)23-12-10-22(11-13-23)19-5-3-4-17(21)14-19/h3-9,14H,10-13,15H2,1-2H3. The molecule has 0 saturated carbocycles. The largest absolute Gasteiger partial charge is 0.368 e. The van der Waals surface area contributed by atoms with Gasteiger partial charge in [-0.1, -0.05) is 35.4 Å². The predicted molar refractivity (Wildman–Crippen MR) is 114 cm³/mol. The smallest absolute Gasteiger partial charge is 0.243 e. The highest BCUT2D eigenvalue weighted by molar-refractivity contribution is 7.92. The fourth-order valence-electron chi connectivity index (χ4n) is 3.22. The van der Waals surface area contributed by atoms with Crippen LogP contribution in [0.25, 0.3) is 0 Å². The maximum absolute atomic E-state index is 12.8. The molecule has 0 aliphatic carbocycles. The van der Waals surface area contributed by atoms with Gasteiger partial charge in [-0.05, 0) is 37.3 Å². The quantitative estimate of drug-likeness (QED) is 0.744. The predicted octanol–water partition coefficient (Wildman–Crippen LogP) is 2.76. The Hall–Kier alpha value is -2.25. The Bertz CT molecular complexity index is 939. The van der Waals surface area contributed by atoms with Crippen molar-refractivity contribution >= 4 is 38.9 Å². The Morgan fingerprint density at radius 1 is 1.07 bits per heavy atom. The van der Waals surface area contributed by atoms with E-state index in [4.69, 9.17) is 11.6 Å². The second-order valence-corrected chi connectivity index (χ2v) is 9.30. The van der Waals surface area contributed by atoms with Crippen LogP contribution in [0.4, 0.5) is 11.4 Å². The van der Waals surface area contributed by atoms with Crippen LogP contribution >= 0.6 is 11.6 Å². The summed E-state index contributed by atoms with van der Waals surface area (Å²) in [7, 11) is -3.56. The van der Waals surface area contributed by atoms with Crippen LogP contribution in [0.2, 0.25) is 5.02 Å². The zero-order valence-corrected chi connectivity index (χ0v) is 17.6. The SMILES string of the molecule is Cc1ccc(N(CC(=O)N2CCN(c3cccc(Cl)c3)CC2)S(C)(=O)=O)cc1. The molecule has 28 heavy (non-hydrogen) atoms. The summed E-state index contributed by atoms with van der Waals surface area (Å²) in [6, 6.07) is 14.7. The van der Waals surface area contributed by atoms with Gasteiger partial charge in [0.1, 0.15) is 6.54 Å². The van der Waals surface area contributed by atoms with Gasteiger partial charge in [0.2, 0.25) is 15.9 Å². The number of carbonyl (C=O) groups excluding carboxylic acids is 1. The lowest BCUT2D eigenvalue weighted by molar-refractivity contribution is -0.129. The van der Waals surface area contributed by atoms with Crippen molar-refractivity contribution in [3.05, 3.63) is 59.1 Å². The van der Waals surface area contributed by atoms with Crippen LogP contribution in [-0.4, -0.2) is 58.2 Å². The molecule has 6 nitrogen and oxygen atoms in total. The number of aryl methyl sites for hydroxylation is 1. The molecule has 8 heteroatoms. The van der Waals surface area contributed by atoms with Crippen LogP contribution in [-0.2, 0) is 14.8 Å². The van der Waals surface area contributed by atoms with Crippen LogP contribution in [0.5, 0.6) is 0 Å². The summed E-state index contributed by atoms with van der Waals surface area (Å²) in [6.45, 7) is 4.16. The van der Waals surface area contributed by atoms with Crippen LogP contribution in [0.3, 0.4) is 0 Å². The third-order valence-corrected chi connectivity index (χ3v) is 6.18. The molecule has 2 aromatic rings. The van der Waals surface area contributed by atoms with E-state index in [2.05, 4.69) is 4.90 Å². The molecule has 0 spiro atoms. The maximum Gasteiger partial charge on any atom is 0.243 e. The number of amides is 1. The second-order valence-electron chi connectivity index (χ2n) is 6.95. The lowest BCUT2D eigenvalue weighted by atomic mass is 10.2. The Labute approximate surface area is 171 Å². The van der Waals surface area contributed by atoms with Crippen LogP contribution in [0.1, 0.15) is 5.56 Å². The third kappa shape index (κ3) is 4.97. The van der Waals surface area contributed by atoms with Crippen LogP contribution < -0.4 is 9.21 Å². The highest BCUT2D eigenvalue weighted by Gasteiger charge is 2.26. The molecule has 1 aliphatic rings. The maximum atomic E-state index is 12.8. The van der Waals surface area contributed by atoms with Crippen molar-refractivity contribution < 1.29 is 13.2 Å².